The Morgan fingerprint density at radius 3 is 2.47 bits per heavy atom. The molecule has 0 aliphatic heterocycles. The van der Waals surface area contributed by atoms with Gasteiger partial charge in [0.05, 0.1) is 5.92 Å². The van der Waals surface area contributed by atoms with E-state index in [9.17, 15) is 19.3 Å². The number of allylic oxidation sites excluding steroid dienone is 1. The predicted molar refractivity (Wildman–Crippen MR) is 71.2 cm³/mol. The van der Waals surface area contributed by atoms with Crippen LogP contribution in [-0.2, 0) is 4.79 Å². The topological polar surface area (TPSA) is 60.2 Å². The van der Waals surface area contributed by atoms with Crippen molar-refractivity contribution in [2.75, 3.05) is 0 Å². The van der Waals surface area contributed by atoms with Crippen molar-refractivity contribution in [3.05, 3.63) is 55.8 Å². The summed E-state index contributed by atoms with van der Waals surface area (Å²) in [6, 6.07) is 4.84. The number of benzene rings is 1. The molecular formula is C13H11BrFNO3. The Kier molecular flexibility index (Phi) is 4.09. The Morgan fingerprint density at radius 1 is 1.32 bits per heavy atom. The van der Waals surface area contributed by atoms with Crippen LogP contribution < -0.4 is 0 Å². The Labute approximate surface area is 117 Å². The Hall–Kier alpha value is -1.56. The van der Waals surface area contributed by atoms with E-state index in [1.807, 2.05) is 0 Å². The van der Waals surface area contributed by atoms with Crippen LogP contribution in [0.15, 0.2) is 34.3 Å². The molecule has 0 bridgehead atoms. The maximum Gasteiger partial charge on any atom is 0.224 e. The zero-order valence-corrected chi connectivity index (χ0v) is 11.5. The highest BCUT2D eigenvalue weighted by Gasteiger charge is 2.38. The third kappa shape index (κ3) is 2.89. The fourth-order valence-electron chi connectivity index (χ4n) is 2.32. The predicted octanol–water partition coefficient (Wildman–Crippen LogP) is 3.20. The highest BCUT2D eigenvalue weighted by atomic mass is 79.9. The molecule has 2 unspecified atom stereocenters. The van der Waals surface area contributed by atoms with Crippen LogP contribution in [0.2, 0.25) is 0 Å². The lowest BCUT2D eigenvalue weighted by Crippen LogP contribution is -2.31. The van der Waals surface area contributed by atoms with Gasteiger partial charge >= 0.3 is 0 Å². The van der Waals surface area contributed by atoms with Crippen molar-refractivity contribution in [3.63, 3.8) is 0 Å². The van der Waals surface area contributed by atoms with Gasteiger partial charge in [0.25, 0.3) is 0 Å². The summed E-state index contributed by atoms with van der Waals surface area (Å²) in [6.45, 7) is 0. The molecule has 0 radical (unpaired) electrons. The quantitative estimate of drug-likeness (QED) is 0.486. The molecule has 0 saturated carbocycles. The highest BCUT2D eigenvalue weighted by Crippen LogP contribution is 2.39. The van der Waals surface area contributed by atoms with Crippen molar-refractivity contribution in [2.45, 2.75) is 24.8 Å². The molecule has 1 aliphatic rings. The number of nitro groups is 1. The first kappa shape index (κ1) is 13.9. The summed E-state index contributed by atoms with van der Waals surface area (Å²) in [5.74, 6) is -0.728. The zero-order chi connectivity index (χ0) is 14.0. The summed E-state index contributed by atoms with van der Waals surface area (Å²) >= 11 is 3.30. The number of hydrogen-bond donors (Lipinski definition) is 0. The zero-order valence-electron chi connectivity index (χ0n) is 9.88. The van der Waals surface area contributed by atoms with E-state index >= 15 is 0 Å². The van der Waals surface area contributed by atoms with Gasteiger partial charge < -0.3 is 0 Å². The van der Waals surface area contributed by atoms with Crippen molar-refractivity contribution in [3.8, 4) is 0 Å². The summed E-state index contributed by atoms with van der Waals surface area (Å²) in [6.07, 6.45) is 1.13. The maximum absolute atomic E-state index is 12.9. The standard InChI is InChI=1S/C13H11BrFNO3/c14-12-6-11(8-1-3-10(15)4-2-8)13(16(18)19)5-9(12)7-17/h1-4,7,11,13H,5-6H2. The lowest BCUT2D eigenvalue weighted by atomic mass is 9.81. The van der Waals surface area contributed by atoms with Gasteiger partial charge in [0.2, 0.25) is 6.04 Å². The Morgan fingerprint density at radius 2 is 1.95 bits per heavy atom. The van der Waals surface area contributed by atoms with E-state index in [0.29, 0.717) is 28.3 Å². The van der Waals surface area contributed by atoms with Crippen molar-refractivity contribution in [2.24, 2.45) is 0 Å². The summed E-state index contributed by atoms with van der Waals surface area (Å²) in [7, 11) is 0. The molecule has 4 nitrogen and oxygen atoms in total. The molecule has 1 aliphatic carbocycles. The minimum absolute atomic E-state index is 0.0964. The number of nitrogens with zero attached hydrogens (tertiary/aromatic N) is 1. The minimum Gasteiger partial charge on any atom is -0.298 e. The summed E-state index contributed by atoms with van der Waals surface area (Å²) < 4.78 is 13.6. The monoisotopic (exact) mass is 327 g/mol. The van der Waals surface area contributed by atoms with Crippen LogP contribution in [-0.4, -0.2) is 17.3 Å². The van der Waals surface area contributed by atoms with Gasteiger partial charge in [-0.05, 0) is 24.1 Å². The molecule has 0 N–H and O–H groups in total. The van der Waals surface area contributed by atoms with E-state index < -0.39 is 6.04 Å². The lowest BCUT2D eigenvalue weighted by molar-refractivity contribution is -0.526. The first-order valence-corrected chi connectivity index (χ1v) is 6.54. The van der Waals surface area contributed by atoms with Gasteiger partial charge in [0, 0.05) is 21.4 Å². The summed E-state index contributed by atoms with van der Waals surface area (Å²) in [5, 5.41) is 11.2. The molecule has 6 heteroatoms. The molecule has 2 rings (SSSR count). The van der Waals surface area contributed by atoms with Gasteiger partial charge in [0.15, 0.2) is 0 Å². The van der Waals surface area contributed by atoms with Crippen molar-refractivity contribution >= 4 is 22.2 Å². The first-order valence-electron chi connectivity index (χ1n) is 5.74. The maximum atomic E-state index is 12.9. The van der Waals surface area contributed by atoms with Crippen molar-refractivity contribution in [1.82, 2.24) is 0 Å². The molecule has 100 valence electrons. The van der Waals surface area contributed by atoms with Crippen LogP contribution >= 0.6 is 15.9 Å². The van der Waals surface area contributed by atoms with Gasteiger partial charge in [-0.2, -0.15) is 0 Å². The van der Waals surface area contributed by atoms with Crippen LogP contribution in [0.5, 0.6) is 0 Å². The molecular weight excluding hydrogens is 317 g/mol. The fourth-order valence-corrected chi connectivity index (χ4v) is 2.93. The van der Waals surface area contributed by atoms with E-state index in [-0.39, 0.29) is 23.1 Å². The van der Waals surface area contributed by atoms with Crippen LogP contribution in [0.25, 0.3) is 0 Å². The van der Waals surface area contributed by atoms with Crippen LogP contribution in [0.1, 0.15) is 24.3 Å². The van der Waals surface area contributed by atoms with Gasteiger partial charge in [-0.15, -0.1) is 0 Å². The first-order chi connectivity index (χ1) is 9.02. The highest BCUT2D eigenvalue weighted by molar-refractivity contribution is 9.11. The fraction of sp³-hybridized carbons (Fsp3) is 0.308. The van der Waals surface area contributed by atoms with Gasteiger partial charge in [-0.1, -0.05) is 28.1 Å². The number of hydrogen-bond acceptors (Lipinski definition) is 3. The van der Waals surface area contributed by atoms with E-state index in [2.05, 4.69) is 15.9 Å². The van der Waals surface area contributed by atoms with Gasteiger partial charge in [-0.25, -0.2) is 4.39 Å². The number of carbonyl (C=O) groups is 1. The molecule has 19 heavy (non-hydrogen) atoms. The summed E-state index contributed by atoms with van der Waals surface area (Å²) in [4.78, 5) is 21.7. The SMILES string of the molecule is O=CC1=C(Br)CC(c2ccc(F)cc2)C([N+](=O)[O-])C1. The van der Waals surface area contributed by atoms with Crippen molar-refractivity contribution < 1.29 is 14.1 Å². The largest absolute Gasteiger partial charge is 0.298 e. The smallest absolute Gasteiger partial charge is 0.224 e. The van der Waals surface area contributed by atoms with E-state index in [1.54, 1.807) is 12.1 Å². The normalized spacial score (nSPS) is 23.3. The molecule has 2 atom stereocenters. The number of aldehydes is 1. The number of halogens is 2. The van der Waals surface area contributed by atoms with E-state index in [4.69, 9.17) is 0 Å². The summed E-state index contributed by atoms with van der Waals surface area (Å²) in [5.41, 5.74) is 1.14. The molecule has 1 aromatic carbocycles. The molecule has 0 aromatic heterocycles. The van der Waals surface area contributed by atoms with Crippen LogP contribution in [0, 0.1) is 15.9 Å². The minimum atomic E-state index is -0.855. The lowest BCUT2D eigenvalue weighted by Gasteiger charge is -2.26. The molecule has 0 amide bonds. The number of rotatable bonds is 3. The average Bonchev–Trinajstić information content (AvgIpc) is 2.39. The van der Waals surface area contributed by atoms with E-state index in [1.165, 1.54) is 12.1 Å². The number of carbonyl (C=O) groups excluding carboxylic acids is 1. The van der Waals surface area contributed by atoms with Crippen LogP contribution in [0.3, 0.4) is 0 Å². The molecule has 0 heterocycles. The Bertz CT molecular complexity index is 541. The third-order valence-electron chi connectivity index (χ3n) is 3.35. The van der Waals surface area contributed by atoms with E-state index in [0.717, 1.165) is 0 Å². The second-order valence-electron chi connectivity index (χ2n) is 4.47. The second-order valence-corrected chi connectivity index (χ2v) is 5.42. The molecule has 0 spiro atoms. The third-order valence-corrected chi connectivity index (χ3v) is 4.19. The van der Waals surface area contributed by atoms with Gasteiger partial charge in [-0.3, -0.25) is 14.9 Å². The Balaban J connectivity index is 2.37. The average molecular weight is 328 g/mol. The molecule has 0 saturated heterocycles. The van der Waals surface area contributed by atoms with Gasteiger partial charge in [0.1, 0.15) is 12.1 Å². The van der Waals surface area contributed by atoms with Crippen molar-refractivity contribution in [1.29, 1.82) is 0 Å². The second kappa shape index (κ2) is 5.61. The molecule has 0 fully saturated rings. The molecule has 1 aromatic rings. The van der Waals surface area contributed by atoms with Crippen LogP contribution in [0.4, 0.5) is 4.39 Å².